The molecule has 1 heterocycles. The Labute approximate surface area is 134 Å². The molecule has 0 saturated carbocycles. The fourth-order valence-electron chi connectivity index (χ4n) is 2.55. The van der Waals surface area contributed by atoms with Gasteiger partial charge in [0.15, 0.2) is 0 Å². The first kappa shape index (κ1) is 16.7. The summed E-state index contributed by atoms with van der Waals surface area (Å²) < 4.78 is 33.2. The molecule has 1 aromatic carbocycles. The predicted octanol–water partition coefficient (Wildman–Crippen LogP) is 2.22. The molecule has 1 atom stereocenters. The number of rotatable bonds is 6. The average Bonchev–Trinajstić information content (AvgIpc) is 2.97. The molecular weight excluding hydrogens is 356 g/mol. The van der Waals surface area contributed by atoms with Gasteiger partial charge in [0.1, 0.15) is 5.75 Å². The third-order valence-corrected chi connectivity index (χ3v) is 6.54. The minimum Gasteiger partial charge on any atom is -0.497 e. The van der Waals surface area contributed by atoms with E-state index in [0.29, 0.717) is 28.2 Å². The normalized spacial score (nSPS) is 19.1. The van der Waals surface area contributed by atoms with Crippen LogP contribution in [0.5, 0.6) is 5.75 Å². The number of methoxy groups -OCH3 is 1. The molecule has 0 radical (unpaired) electrons. The second-order valence-electron chi connectivity index (χ2n) is 5.06. The number of halogens is 1. The lowest BCUT2D eigenvalue weighted by Gasteiger charge is -2.27. The van der Waals surface area contributed by atoms with Gasteiger partial charge in [-0.3, -0.25) is 0 Å². The zero-order valence-electron chi connectivity index (χ0n) is 12.3. The van der Waals surface area contributed by atoms with Crippen LogP contribution in [0.3, 0.4) is 0 Å². The van der Waals surface area contributed by atoms with Crippen LogP contribution in [-0.2, 0) is 10.0 Å². The molecule has 2 rings (SSSR count). The summed E-state index contributed by atoms with van der Waals surface area (Å²) in [6, 6.07) is 4.99. The van der Waals surface area contributed by atoms with Crippen molar-refractivity contribution in [2.45, 2.75) is 30.7 Å². The van der Waals surface area contributed by atoms with Crippen molar-refractivity contribution in [1.29, 1.82) is 0 Å². The summed E-state index contributed by atoms with van der Waals surface area (Å²) in [5.41, 5.74) is 0. The van der Waals surface area contributed by atoms with Gasteiger partial charge in [0, 0.05) is 23.6 Å². The van der Waals surface area contributed by atoms with Crippen molar-refractivity contribution in [3.63, 3.8) is 0 Å². The molecule has 0 spiro atoms. The van der Waals surface area contributed by atoms with Gasteiger partial charge < -0.3 is 10.1 Å². The van der Waals surface area contributed by atoms with Crippen LogP contribution in [0.15, 0.2) is 27.6 Å². The van der Waals surface area contributed by atoms with E-state index in [-0.39, 0.29) is 6.04 Å². The van der Waals surface area contributed by atoms with E-state index in [0.717, 1.165) is 19.4 Å². The van der Waals surface area contributed by atoms with Crippen molar-refractivity contribution in [1.82, 2.24) is 9.62 Å². The monoisotopic (exact) mass is 376 g/mol. The largest absolute Gasteiger partial charge is 0.497 e. The van der Waals surface area contributed by atoms with Crippen LogP contribution in [0, 0.1) is 0 Å². The van der Waals surface area contributed by atoms with Gasteiger partial charge in [-0.2, -0.15) is 4.31 Å². The third kappa shape index (κ3) is 3.59. The minimum absolute atomic E-state index is 0.0314. The van der Waals surface area contributed by atoms with Crippen molar-refractivity contribution < 1.29 is 13.2 Å². The Kier molecular flexibility index (Phi) is 5.65. The lowest BCUT2D eigenvalue weighted by atomic mass is 10.2. The molecule has 0 bridgehead atoms. The lowest BCUT2D eigenvalue weighted by Crippen LogP contribution is -2.42. The van der Waals surface area contributed by atoms with Crippen LogP contribution in [-0.4, -0.2) is 45.5 Å². The molecule has 118 valence electrons. The zero-order chi connectivity index (χ0) is 15.5. The summed E-state index contributed by atoms with van der Waals surface area (Å²) in [5, 5.41) is 3.23. The maximum Gasteiger partial charge on any atom is 0.244 e. The van der Waals surface area contributed by atoms with E-state index >= 15 is 0 Å². The second kappa shape index (κ2) is 7.09. The van der Waals surface area contributed by atoms with E-state index in [1.165, 1.54) is 0 Å². The Morgan fingerprint density at radius 2 is 2.24 bits per heavy atom. The van der Waals surface area contributed by atoms with E-state index in [9.17, 15) is 8.42 Å². The zero-order valence-corrected chi connectivity index (χ0v) is 14.7. The van der Waals surface area contributed by atoms with Gasteiger partial charge in [-0.05, 0) is 53.5 Å². The Morgan fingerprint density at radius 3 is 2.76 bits per heavy atom. The van der Waals surface area contributed by atoms with Crippen molar-refractivity contribution >= 4 is 26.0 Å². The topological polar surface area (TPSA) is 58.6 Å². The van der Waals surface area contributed by atoms with Crippen LogP contribution in [0.25, 0.3) is 0 Å². The second-order valence-corrected chi connectivity index (χ2v) is 7.77. The van der Waals surface area contributed by atoms with Gasteiger partial charge in [0.25, 0.3) is 0 Å². The summed E-state index contributed by atoms with van der Waals surface area (Å²) in [4.78, 5) is 0.295. The first-order valence-electron chi connectivity index (χ1n) is 7.06. The van der Waals surface area contributed by atoms with E-state index in [1.54, 1.807) is 29.6 Å². The molecule has 1 saturated heterocycles. The Hall–Kier alpha value is -0.630. The molecule has 7 heteroatoms. The summed E-state index contributed by atoms with van der Waals surface area (Å²) in [5.74, 6) is 0.630. The van der Waals surface area contributed by atoms with Gasteiger partial charge in [0.2, 0.25) is 10.0 Å². The van der Waals surface area contributed by atoms with Crippen molar-refractivity contribution in [2.24, 2.45) is 0 Å². The quantitative estimate of drug-likeness (QED) is 0.826. The number of hydrogen-bond donors (Lipinski definition) is 1. The molecule has 21 heavy (non-hydrogen) atoms. The summed E-state index contributed by atoms with van der Waals surface area (Å²) in [6.07, 6.45) is 1.65. The highest BCUT2D eigenvalue weighted by molar-refractivity contribution is 9.10. The average molecular weight is 377 g/mol. The van der Waals surface area contributed by atoms with Crippen LogP contribution in [0.4, 0.5) is 0 Å². The number of benzene rings is 1. The molecule has 0 amide bonds. The van der Waals surface area contributed by atoms with E-state index < -0.39 is 10.0 Å². The van der Waals surface area contributed by atoms with Crippen LogP contribution in [0.1, 0.15) is 19.8 Å². The maximum atomic E-state index is 13.0. The van der Waals surface area contributed by atoms with Crippen molar-refractivity contribution in [2.75, 3.05) is 26.7 Å². The Morgan fingerprint density at radius 1 is 1.48 bits per heavy atom. The number of nitrogens with one attached hydrogen (secondary N) is 1. The van der Waals surface area contributed by atoms with Crippen molar-refractivity contribution in [3.05, 3.63) is 22.7 Å². The molecule has 1 fully saturated rings. The molecule has 5 nitrogen and oxygen atoms in total. The summed E-state index contributed by atoms with van der Waals surface area (Å²) in [6.45, 7) is 4.11. The first-order chi connectivity index (χ1) is 10.0. The Balaban J connectivity index is 2.37. The molecule has 1 aromatic rings. The van der Waals surface area contributed by atoms with Crippen LogP contribution in [0.2, 0.25) is 0 Å². The van der Waals surface area contributed by atoms with Gasteiger partial charge in [-0.15, -0.1) is 0 Å². The number of sulfonamides is 1. The highest BCUT2D eigenvalue weighted by atomic mass is 79.9. The van der Waals surface area contributed by atoms with E-state index in [2.05, 4.69) is 21.2 Å². The molecule has 0 aromatic heterocycles. The van der Waals surface area contributed by atoms with Crippen LogP contribution >= 0.6 is 15.9 Å². The maximum absolute atomic E-state index is 13.0. The molecule has 1 N–H and O–H groups in total. The number of hydrogen-bond acceptors (Lipinski definition) is 4. The van der Waals surface area contributed by atoms with Gasteiger partial charge in [0.05, 0.1) is 12.0 Å². The van der Waals surface area contributed by atoms with E-state index in [4.69, 9.17) is 4.74 Å². The number of nitrogens with zero attached hydrogens (tertiary/aromatic N) is 1. The molecule has 1 aliphatic rings. The molecule has 1 unspecified atom stereocenters. The molecular formula is C14H21BrN2O3S. The highest BCUT2D eigenvalue weighted by Crippen LogP contribution is 2.30. The van der Waals surface area contributed by atoms with Gasteiger partial charge in [-0.25, -0.2) is 8.42 Å². The predicted molar refractivity (Wildman–Crippen MR) is 86.2 cm³/mol. The van der Waals surface area contributed by atoms with Gasteiger partial charge >= 0.3 is 0 Å². The van der Waals surface area contributed by atoms with Crippen LogP contribution < -0.4 is 10.1 Å². The lowest BCUT2D eigenvalue weighted by molar-refractivity contribution is 0.335. The minimum atomic E-state index is -3.51. The Bertz CT molecular complexity index is 586. The standard InChI is InChI=1S/C14H21BrN2O3S/c1-3-8-17(11-6-7-16-10-11)21(18,19)14-5-4-12(20-2)9-13(14)15/h4-5,9,11,16H,3,6-8,10H2,1-2H3. The summed E-state index contributed by atoms with van der Waals surface area (Å²) >= 11 is 3.35. The fraction of sp³-hybridized carbons (Fsp3) is 0.571. The van der Waals surface area contributed by atoms with Crippen molar-refractivity contribution in [3.8, 4) is 5.75 Å². The number of ether oxygens (including phenoxy) is 1. The third-order valence-electron chi connectivity index (χ3n) is 3.61. The molecule has 0 aliphatic carbocycles. The van der Waals surface area contributed by atoms with Gasteiger partial charge in [-0.1, -0.05) is 6.92 Å². The first-order valence-corrected chi connectivity index (χ1v) is 9.30. The highest BCUT2D eigenvalue weighted by Gasteiger charge is 2.33. The SMILES string of the molecule is CCCN(C1CCNC1)S(=O)(=O)c1ccc(OC)cc1Br. The molecule has 1 aliphatic heterocycles. The van der Waals surface area contributed by atoms with E-state index in [1.807, 2.05) is 6.92 Å². The fourth-order valence-corrected chi connectivity index (χ4v) is 5.31. The summed E-state index contributed by atoms with van der Waals surface area (Å²) in [7, 11) is -1.95. The smallest absolute Gasteiger partial charge is 0.244 e.